The van der Waals surface area contributed by atoms with Crippen LogP contribution in [0.3, 0.4) is 0 Å². The molecule has 2 aromatic carbocycles. The Morgan fingerprint density at radius 3 is 2.75 bits per heavy atom. The molecule has 1 unspecified atom stereocenters. The Kier molecular flexibility index (Phi) is 6.24. The average Bonchev–Trinajstić information content (AvgIpc) is 3.31. The van der Waals surface area contributed by atoms with Crippen molar-refractivity contribution in [1.82, 2.24) is 4.90 Å². The molecule has 0 saturated heterocycles. The van der Waals surface area contributed by atoms with E-state index in [1.807, 2.05) is 32.0 Å². The summed E-state index contributed by atoms with van der Waals surface area (Å²) in [5.74, 6) is -0.970. The van der Waals surface area contributed by atoms with E-state index < -0.39 is 23.5 Å². The lowest BCUT2D eigenvalue weighted by Crippen LogP contribution is -2.32. The Labute approximate surface area is 191 Å². The highest BCUT2D eigenvalue weighted by molar-refractivity contribution is 6.31. The fourth-order valence-electron chi connectivity index (χ4n) is 3.99. The highest BCUT2D eigenvalue weighted by Gasteiger charge is 2.44. The molecular weight excluding hydrogens is 430 g/mol. The number of benzene rings is 2. The molecule has 1 atom stereocenters. The zero-order chi connectivity index (χ0) is 22.8. The Bertz CT molecular complexity index is 1210. The van der Waals surface area contributed by atoms with Gasteiger partial charge in [0, 0.05) is 17.0 Å². The van der Waals surface area contributed by atoms with Crippen LogP contribution in [0.4, 0.5) is 0 Å². The molecule has 0 spiro atoms. The number of furan rings is 1. The predicted octanol–water partition coefficient (Wildman–Crippen LogP) is 5.86. The summed E-state index contributed by atoms with van der Waals surface area (Å²) >= 11 is 6.05. The quantitative estimate of drug-likeness (QED) is 0.432. The average molecular weight is 454 g/mol. The van der Waals surface area contributed by atoms with Crippen molar-refractivity contribution in [3.05, 3.63) is 76.2 Å². The number of carbonyl (C=O) groups excluding carboxylic acids is 2. The molecule has 2 heterocycles. The number of nitrogens with zero attached hydrogens (tertiary/aromatic N) is 1. The molecule has 1 aliphatic heterocycles. The number of rotatable bonds is 8. The van der Waals surface area contributed by atoms with E-state index in [2.05, 4.69) is 0 Å². The number of halogens is 1. The maximum Gasteiger partial charge on any atom is 0.290 e. The van der Waals surface area contributed by atoms with Crippen molar-refractivity contribution in [1.29, 1.82) is 0 Å². The summed E-state index contributed by atoms with van der Waals surface area (Å²) in [6.07, 6.45) is 1.61. The number of Topliss-reactive ketones (excluding diaryl/α,β-unsaturated/α-hetero) is 1. The van der Waals surface area contributed by atoms with Crippen molar-refractivity contribution in [3.8, 4) is 5.75 Å². The largest absolute Gasteiger partial charge is 0.503 e. The van der Waals surface area contributed by atoms with Crippen molar-refractivity contribution in [2.75, 3.05) is 13.2 Å². The predicted molar refractivity (Wildman–Crippen MR) is 122 cm³/mol. The molecule has 0 radical (unpaired) electrons. The van der Waals surface area contributed by atoms with Crippen molar-refractivity contribution in [2.24, 2.45) is 0 Å². The minimum atomic E-state index is -0.737. The second kappa shape index (κ2) is 9.09. The van der Waals surface area contributed by atoms with Crippen LogP contribution in [0.15, 0.2) is 64.3 Å². The molecule has 0 fully saturated rings. The van der Waals surface area contributed by atoms with Gasteiger partial charge in [-0.1, -0.05) is 37.1 Å². The van der Waals surface area contributed by atoms with Crippen LogP contribution in [0.5, 0.6) is 5.75 Å². The van der Waals surface area contributed by atoms with Crippen LogP contribution in [0.2, 0.25) is 5.02 Å². The molecule has 1 N–H and O–H groups in total. The number of unbranched alkanes of at least 4 members (excludes halogenated alkanes) is 1. The number of aliphatic hydroxyl groups is 1. The van der Waals surface area contributed by atoms with Crippen LogP contribution in [-0.4, -0.2) is 34.8 Å². The van der Waals surface area contributed by atoms with Crippen molar-refractivity contribution >= 4 is 34.3 Å². The smallest absolute Gasteiger partial charge is 0.290 e. The zero-order valence-corrected chi connectivity index (χ0v) is 18.7. The summed E-state index contributed by atoms with van der Waals surface area (Å²) in [7, 11) is 0. The number of ketones is 1. The highest BCUT2D eigenvalue weighted by atomic mass is 35.5. The highest BCUT2D eigenvalue weighted by Crippen LogP contribution is 2.40. The molecule has 1 aliphatic rings. The maximum absolute atomic E-state index is 13.5. The number of amides is 1. The molecule has 4 rings (SSSR count). The number of hydrogen-bond acceptors (Lipinski definition) is 5. The van der Waals surface area contributed by atoms with Crippen LogP contribution in [-0.2, 0) is 4.79 Å². The fourth-order valence-corrected chi connectivity index (χ4v) is 4.17. The second-order valence-corrected chi connectivity index (χ2v) is 8.08. The zero-order valence-electron chi connectivity index (χ0n) is 17.9. The number of hydrogen-bond donors (Lipinski definition) is 1. The van der Waals surface area contributed by atoms with Crippen LogP contribution < -0.4 is 4.74 Å². The molecule has 1 aromatic heterocycles. The first-order valence-corrected chi connectivity index (χ1v) is 11.0. The van der Waals surface area contributed by atoms with Crippen LogP contribution in [0.25, 0.3) is 11.0 Å². The van der Waals surface area contributed by atoms with E-state index in [1.54, 1.807) is 30.3 Å². The van der Waals surface area contributed by atoms with E-state index in [0.717, 1.165) is 12.8 Å². The summed E-state index contributed by atoms with van der Waals surface area (Å²) < 4.78 is 11.3. The number of carbonyl (C=O) groups is 2. The third kappa shape index (κ3) is 3.98. The summed E-state index contributed by atoms with van der Waals surface area (Å²) in [5, 5.41) is 11.9. The van der Waals surface area contributed by atoms with E-state index in [0.29, 0.717) is 40.5 Å². The third-order valence-electron chi connectivity index (χ3n) is 5.49. The van der Waals surface area contributed by atoms with Crippen LogP contribution in [0.1, 0.15) is 48.8 Å². The first-order valence-electron chi connectivity index (χ1n) is 10.6. The Balaban J connectivity index is 1.79. The minimum absolute atomic E-state index is 0.00454. The van der Waals surface area contributed by atoms with Gasteiger partial charge in [-0.3, -0.25) is 9.59 Å². The van der Waals surface area contributed by atoms with E-state index >= 15 is 0 Å². The van der Waals surface area contributed by atoms with E-state index in [4.69, 9.17) is 20.8 Å². The normalized spacial score (nSPS) is 16.3. The van der Waals surface area contributed by atoms with E-state index in [9.17, 15) is 14.7 Å². The topological polar surface area (TPSA) is 80.0 Å². The second-order valence-electron chi connectivity index (χ2n) is 7.64. The van der Waals surface area contributed by atoms with Gasteiger partial charge < -0.3 is 19.2 Å². The molecule has 32 heavy (non-hydrogen) atoms. The van der Waals surface area contributed by atoms with Crippen LogP contribution >= 0.6 is 11.6 Å². The molecule has 3 aromatic rings. The van der Waals surface area contributed by atoms with Gasteiger partial charge in [-0.25, -0.2) is 0 Å². The van der Waals surface area contributed by atoms with Crippen molar-refractivity contribution < 1.29 is 23.8 Å². The first-order chi connectivity index (χ1) is 15.4. The van der Waals surface area contributed by atoms with Gasteiger partial charge in [0.25, 0.3) is 5.91 Å². The fraction of sp³-hybridized carbons (Fsp3) is 0.280. The Morgan fingerprint density at radius 2 is 2.00 bits per heavy atom. The molecule has 0 bridgehead atoms. The first kappa shape index (κ1) is 22.0. The van der Waals surface area contributed by atoms with Gasteiger partial charge in [-0.2, -0.15) is 0 Å². The van der Waals surface area contributed by atoms with E-state index in [-0.39, 0.29) is 11.3 Å². The number of ether oxygens (including phenoxy) is 1. The molecule has 166 valence electrons. The SMILES string of the molecule is CCCCN1C(=O)C(O)=C(C(=O)c2cc3cc(Cl)ccc3o2)C1c1cccc(OCC)c1. The Hall–Kier alpha value is -3.25. The standard InChI is InChI=1S/C25H24ClNO5/c1-3-5-11-27-22(15-7-6-8-18(13-15)31-4-2)21(24(29)25(27)30)23(28)20-14-16-12-17(26)9-10-19(16)32-20/h6-10,12-14,22,29H,3-5,11H2,1-2H3. The summed E-state index contributed by atoms with van der Waals surface area (Å²) in [6, 6.07) is 13.1. The van der Waals surface area contributed by atoms with Gasteiger partial charge in [0.15, 0.2) is 11.5 Å². The summed E-state index contributed by atoms with van der Waals surface area (Å²) in [4.78, 5) is 28.0. The molecule has 6 nitrogen and oxygen atoms in total. The lowest BCUT2D eigenvalue weighted by atomic mass is 9.94. The number of aliphatic hydroxyl groups excluding tert-OH is 1. The lowest BCUT2D eigenvalue weighted by molar-refractivity contribution is -0.129. The van der Waals surface area contributed by atoms with Crippen molar-refractivity contribution in [3.63, 3.8) is 0 Å². The number of fused-ring (bicyclic) bond motifs is 1. The monoisotopic (exact) mass is 453 g/mol. The molecule has 0 aliphatic carbocycles. The summed E-state index contributed by atoms with van der Waals surface area (Å²) in [5.41, 5.74) is 1.19. The Morgan fingerprint density at radius 1 is 1.19 bits per heavy atom. The van der Waals surface area contributed by atoms with Gasteiger partial charge in [0.2, 0.25) is 5.78 Å². The minimum Gasteiger partial charge on any atom is -0.503 e. The molecule has 7 heteroatoms. The van der Waals surface area contributed by atoms with Gasteiger partial charge >= 0.3 is 0 Å². The molecule has 1 amide bonds. The van der Waals surface area contributed by atoms with Gasteiger partial charge in [0.05, 0.1) is 18.2 Å². The maximum atomic E-state index is 13.5. The van der Waals surface area contributed by atoms with Gasteiger partial charge in [0.1, 0.15) is 11.3 Å². The third-order valence-corrected chi connectivity index (χ3v) is 5.72. The summed E-state index contributed by atoms with van der Waals surface area (Å²) in [6.45, 7) is 4.80. The van der Waals surface area contributed by atoms with Crippen molar-refractivity contribution in [2.45, 2.75) is 32.7 Å². The van der Waals surface area contributed by atoms with E-state index in [1.165, 1.54) is 4.90 Å². The van der Waals surface area contributed by atoms with Gasteiger partial charge in [-0.15, -0.1) is 0 Å². The molecule has 0 saturated carbocycles. The van der Waals surface area contributed by atoms with Gasteiger partial charge in [-0.05, 0) is 55.3 Å². The van der Waals surface area contributed by atoms with Crippen LogP contribution in [0, 0.1) is 0 Å². The molecular formula is C25H24ClNO5. The lowest BCUT2D eigenvalue weighted by Gasteiger charge is -2.26.